The summed E-state index contributed by atoms with van der Waals surface area (Å²) in [5.74, 6) is 1.64. The zero-order valence-electron chi connectivity index (χ0n) is 14.1. The van der Waals surface area contributed by atoms with Crippen molar-refractivity contribution in [3.63, 3.8) is 0 Å². The van der Waals surface area contributed by atoms with Crippen LogP contribution in [0.1, 0.15) is 89.2 Å². The number of benzene rings is 1. The van der Waals surface area contributed by atoms with E-state index in [1.54, 1.807) is 0 Å². The Morgan fingerprint density at radius 1 is 0.800 bits per heavy atom. The predicted molar refractivity (Wildman–Crippen MR) is 91.4 cm³/mol. The molecule has 114 valence electrons. The van der Waals surface area contributed by atoms with Gasteiger partial charge in [0.15, 0.2) is 0 Å². The Bertz CT molecular complexity index is 336. The number of unbranched alkanes of at least 4 members (excludes halogenated alkanes) is 3. The van der Waals surface area contributed by atoms with Crippen molar-refractivity contribution in [1.29, 1.82) is 0 Å². The van der Waals surface area contributed by atoms with Crippen molar-refractivity contribution in [2.24, 2.45) is 5.92 Å². The van der Waals surface area contributed by atoms with Crippen LogP contribution in [0.15, 0.2) is 24.3 Å². The lowest BCUT2D eigenvalue weighted by atomic mass is 9.92. The van der Waals surface area contributed by atoms with Crippen LogP contribution in [0.5, 0.6) is 0 Å². The molecular formula is C20H34. The van der Waals surface area contributed by atoms with Gasteiger partial charge < -0.3 is 0 Å². The van der Waals surface area contributed by atoms with E-state index in [1.165, 1.54) is 62.5 Å². The molecule has 0 aliphatic heterocycles. The maximum absolute atomic E-state index is 2.43. The van der Waals surface area contributed by atoms with Crippen LogP contribution in [0.3, 0.4) is 0 Å². The summed E-state index contributed by atoms with van der Waals surface area (Å²) >= 11 is 0. The van der Waals surface area contributed by atoms with Crippen molar-refractivity contribution in [2.45, 2.75) is 85.0 Å². The Balaban J connectivity index is 2.12. The minimum absolute atomic E-state index is 0.714. The molecule has 0 saturated heterocycles. The second kappa shape index (κ2) is 10.0. The average molecular weight is 274 g/mol. The quantitative estimate of drug-likeness (QED) is 0.408. The number of rotatable bonds is 10. The van der Waals surface area contributed by atoms with Crippen LogP contribution < -0.4 is 0 Å². The SMILES string of the molecule is CCCCC[C@@H](C)CCCCC(C)c1ccc(C)cc1. The van der Waals surface area contributed by atoms with E-state index in [0.717, 1.165) is 5.92 Å². The highest BCUT2D eigenvalue weighted by atomic mass is 14.1. The summed E-state index contributed by atoms with van der Waals surface area (Å²) in [6.07, 6.45) is 11.2. The monoisotopic (exact) mass is 274 g/mol. The molecule has 1 aromatic rings. The highest BCUT2D eigenvalue weighted by Crippen LogP contribution is 2.23. The molecule has 0 heteroatoms. The summed E-state index contributed by atoms with van der Waals surface area (Å²) < 4.78 is 0. The van der Waals surface area contributed by atoms with Crippen molar-refractivity contribution in [2.75, 3.05) is 0 Å². The topological polar surface area (TPSA) is 0 Å². The molecule has 0 radical (unpaired) electrons. The minimum Gasteiger partial charge on any atom is -0.0654 e. The first kappa shape index (κ1) is 17.3. The zero-order valence-corrected chi connectivity index (χ0v) is 14.1. The Morgan fingerprint density at radius 2 is 1.35 bits per heavy atom. The van der Waals surface area contributed by atoms with E-state index in [4.69, 9.17) is 0 Å². The van der Waals surface area contributed by atoms with Gasteiger partial charge in [-0.05, 0) is 30.7 Å². The van der Waals surface area contributed by atoms with Crippen LogP contribution in [-0.2, 0) is 0 Å². The Morgan fingerprint density at radius 3 is 1.95 bits per heavy atom. The molecule has 1 aromatic carbocycles. The molecule has 0 aliphatic rings. The van der Waals surface area contributed by atoms with Gasteiger partial charge in [0.05, 0.1) is 0 Å². The first-order valence-electron chi connectivity index (χ1n) is 8.70. The lowest BCUT2D eigenvalue weighted by molar-refractivity contribution is 0.435. The highest BCUT2D eigenvalue weighted by molar-refractivity contribution is 5.23. The standard InChI is InChI=1S/C20H34/c1-5-6-7-10-17(2)11-8-9-12-19(4)20-15-13-18(3)14-16-20/h13-17,19H,5-12H2,1-4H3/t17-,19?/m1/s1. The van der Waals surface area contributed by atoms with Crippen molar-refractivity contribution >= 4 is 0 Å². The molecule has 0 spiro atoms. The van der Waals surface area contributed by atoms with E-state index >= 15 is 0 Å². The molecule has 1 unspecified atom stereocenters. The van der Waals surface area contributed by atoms with Gasteiger partial charge in [-0.2, -0.15) is 0 Å². The number of hydrogen-bond donors (Lipinski definition) is 0. The molecular weight excluding hydrogens is 240 g/mol. The van der Waals surface area contributed by atoms with Gasteiger partial charge in [-0.3, -0.25) is 0 Å². The van der Waals surface area contributed by atoms with Crippen molar-refractivity contribution < 1.29 is 0 Å². The first-order chi connectivity index (χ1) is 9.63. The third-order valence-corrected chi connectivity index (χ3v) is 4.53. The molecule has 0 heterocycles. The Hall–Kier alpha value is -0.780. The largest absolute Gasteiger partial charge is 0.0654 e. The summed E-state index contributed by atoms with van der Waals surface area (Å²) in [7, 11) is 0. The fourth-order valence-electron chi connectivity index (χ4n) is 2.89. The number of aryl methyl sites for hydroxylation is 1. The first-order valence-corrected chi connectivity index (χ1v) is 8.70. The molecule has 20 heavy (non-hydrogen) atoms. The molecule has 2 atom stereocenters. The third-order valence-electron chi connectivity index (χ3n) is 4.53. The van der Waals surface area contributed by atoms with Crippen LogP contribution in [0.2, 0.25) is 0 Å². The molecule has 0 N–H and O–H groups in total. The summed E-state index contributed by atoms with van der Waals surface area (Å²) in [4.78, 5) is 0. The van der Waals surface area contributed by atoms with Crippen LogP contribution in [0.4, 0.5) is 0 Å². The summed E-state index contributed by atoms with van der Waals surface area (Å²) in [5.41, 5.74) is 2.87. The second-order valence-electron chi connectivity index (χ2n) is 6.70. The van der Waals surface area contributed by atoms with Crippen molar-refractivity contribution in [1.82, 2.24) is 0 Å². The van der Waals surface area contributed by atoms with Gasteiger partial charge in [0.1, 0.15) is 0 Å². The van der Waals surface area contributed by atoms with Crippen molar-refractivity contribution in [3.05, 3.63) is 35.4 Å². The van der Waals surface area contributed by atoms with Gasteiger partial charge >= 0.3 is 0 Å². The van der Waals surface area contributed by atoms with Gasteiger partial charge in [0, 0.05) is 0 Å². The van der Waals surface area contributed by atoms with Gasteiger partial charge in [-0.15, -0.1) is 0 Å². The van der Waals surface area contributed by atoms with E-state index in [2.05, 4.69) is 52.0 Å². The van der Waals surface area contributed by atoms with Gasteiger partial charge in [-0.1, -0.05) is 95.5 Å². The lowest BCUT2D eigenvalue weighted by Crippen LogP contribution is -1.97. The Labute approximate surface area is 127 Å². The predicted octanol–water partition coefficient (Wildman–Crippen LogP) is 6.88. The summed E-state index contributed by atoms with van der Waals surface area (Å²) in [6.45, 7) is 9.25. The average Bonchev–Trinajstić information content (AvgIpc) is 2.44. The van der Waals surface area contributed by atoms with Gasteiger partial charge in [-0.25, -0.2) is 0 Å². The second-order valence-corrected chi connectivity index (χ2v) is 6.70. The third kappa shape index (κ3) is 7.12. The fraction of sp³-hybridized carbons (Fsp3) is 0.700. The van der Waals surface area contributed by atoms with E-state index in [9.17, 15) is 0 Å². The van der Waals surface area contributed by atoms with E-state index in [0.29, 0.717) is 5.92 Å². The number of hydrogen-bond acceptors (Lipinski definition) is 0. The van der Waals surface area contributed by atoms with Crippen molar-refractivity contribution in [3.8, 4) is 0 Å². The van der Waals surface area contributed by atoms with Gasteiger partial charge in [0.2, 0.25) is 0 Å². The maximum Gasteiger partial charge on any atom is -0.0190 e. The summed E-state index contributed by atoms with van der Waals surface area (Å²) in [5, 5.41) is 0. The fourth-order valence-corrected chi connectivity index (χ4v) is 2.89. The Kier molecular flexibility index (Phi) is 8.65. The molecule has 0 nitrogen and oxygen atoms in total. The van der Waals surface area contributed by atoms with Crippen LogP contribution in [-0.4, -0.2) is 0 Å². The molecule has 0 fully saturated rings. The van der Waals surface area contributed by atoms with Crippen LogP contribution >= 0.6 is 0 Å². The molecule has 0 aliphatic carbocycles. The van der Waals surface area contributed by atoms with E-state index < -0.39 is 0 Å². The lowest BCUT2D eigenvalue weighted by Gasteiger charge is -2.14. The zero-order chi connectivity index (χ0) is 14.8. The van der Waals surface area contributed by atoms with E-state index in [1.807, 2.05) is 0 Å². The summed E-state index contributed by atoms with van der Waals surface area (Å²) in [6, 6.07) is 9.07. The minimum atomic E-state index is 0.714. The molecule has 1 rings (SSSR count). The molecule has 0 amide bonds. The normalized spacial score (nSPS) is 14.2. The maximum atomic E-state index is 2.43. The molecule has 0 bridgehead atoms. The van der Waals surface area contributed by atoms with Gasteiger partial charge in [0.25, 0.3) is 0 Å². The molecule has 0 saturated carbocycles. The molecule has 0 aromatic heterocycles. The highest BCUT2D eigenvalue weighted by Gasteiger charge is 2.06. The van der Waals surface area contributed by atoms with E-state index in [-0.39, 0.29) is 0 Å². The van der Waals surface area contributed by atoms with Crippen LogP contribution in [0, 0.1) is 12.8 Å². The van der Waals surface area contributed by atoms with Crippen LogP contribution in [0.25, 0.3) is 0 Å². The smallest absolute Gasteiger partial charge is 0.0190 e.